The molecule has 0 spiro atoms. The summed E-state index contributed by atoms with van der Waals surface area (Å²) in [5, 5.41) is 3.90. The van der Waals surface area contributed by atoms with Crippen molar-refractivity contribution in [2.45, 2.75) is 40.0 Å². The third-order valence-corrected chi connectivity index (χ3v) is 5.79. The zero-order chi connectivity index (χ0) is 24.0. The van der Waals surface area contributed by atoms with Crippen LogP contribution in [0.2, 0.25) is 0 Å². The molecular weight excluding hydrogens is 418 g/mol. The number of carbonyl (C=O) groups excluding carboxylic acids is 1. The number of nitrogens with one attached hydrogen (secondary N) is 1. The summed E-state index contributed by atoms with van der Waals surface area (Å²) in [6, 6.07) is 7.79. The molecule has 0 radical (unpaired) electrons. The smallest absolute Gasteiger partial charge is 0.244 e. The van der Waals surface area contributed by atoms with E-state index in [1.54, 1.807) is 33.7 Å². The fourth-order valence-electron chi connectivity index (χ4n) is 4.01. The van der Waals surface area contributed by atoms with E-state index in [4.69, 9.17) is 18.6 Å². The largest absolute Gasteiger partial charge is 0.496 e. The number of fused-ring (bicyclic) bond motifs is 1. The number of methoxy groups -OCH3 is 3. The number of hydrogen-bond donors (Lipinski definition) is 1. The van der Waals surface area contributed by atoms with Gasteiger partial charge in [-0.15, -0.1) is 0 Å². The number of ether oxygens (including phenoxy) is 3. The Kier molecular flexibility index (Phi) is 8.04. The third-order valence-electron chi connectivity index (χ3n) is 5.79. The molecule has 1 heterocycles. The van der Waals surface area contributed by atoms with Gasteiger partial charge in [-0.1, -0.05) is 25.8 Å². The second-order valence-electron chi connectivity index (χ2n) is 8.00. The topological polar surface area (TPSA) is 69.9 Å². The van der Waals surface area contributed by atoms with Crippen LogP contribution in [0.5, 0.6) is 17.2 Å². The standard InChI is InChI=1S/C27H33NO5/c1-7-8-9-12-28-25(29)13-17(2)20-15-21-22(16-33-27(21)18(3)26(20)32-6)19-10-11-23(30-4)24(14-19)31-5/h10-11,13-16H,7-9,12H2,1-6H3,(H,28,29)/b17-13+. The van der Waals surface area contributed by atoms with Gasteiger partial charge in [0.15, 0.2) is 11.5 Å². The summed E-state index contributed by atoms with van der Waals surface area (Å²) in [5.41, 5.74) is 5.18. The van der Waals surface area contributed by atoms with E-state index >= 15 is 0 Å². The van der Waals surface area contributed by atoms with Gasteiger partial charge in [0.1, 0.15) is 11.3 Å². The van der Waals surface area contributed by atoms with Crippen LogP contribution in [0.25, 0.3) is 27.7 Å². The molecule has 33 heavy (non-hydrogen) atoms. The quantitative estimate of drug-likeness (QED) is 0.296. The number of benzene rings is 2. The summed E-state index contributed by atoms with van der Waals surface area (Å²) in [7, 11) is 4.86. The lowest BCUT2D eigenvalue weighted by Gasteiger charge is -2.14. The monoisotopic (exact) mass is 451 g/mol. The van der Waals surface area contributed by atoms with Crippen LogP contribution in [0.3, 0.4) is 0 Å². The molecule has 1 N–H and O–H groups in total. The van der Waals surface area contributed by atoms with Crippen molar-refractivity contribution in [2.24, 2.45) is 0 Å². The number of aryl methyl sites for hydroxylation is 1. The summed E-state index contributed by atoms with van der Waals surface area (Å²) in [5.74, 6) is 1.90. The Morgan fingerprint density at radius 3 is 2.48 bits per heavy atom. The van der Waals surface area contributed by atoms with Crippen molar-refractivity contribution in [1.29, 1.82) is 0 Å². The summed E-state index contributed by atoms with van der Waals surface area (Å²) in [6.45, 7) is 6.70. The van der Waals surface area contributed by atoms with Crippen molar-refractivity contribution in [3.8, 4) is 28.4 Å². The molecule has 3 aromatic rings. The van der Waals surface area contributed by atoms with Crippen molar-refractivity contribution < 1.29 is 23.4 Å². The average molecular weight is 452 g/mol. The van der Waals surface area contributed by atoms with Crippen molar-refractivity contribution in [1.82, 2.24) is 5.32 Å². The Morgan fingerprint density at radius 1 is 1.06 bits per heavy atom. The number of furan rings is 1. The zero-order valence-corrected chi connectivity index (χ0v) is 20.3. The Bertz CT molecular complexity index is 1160. The van der Waals surface area contributed by atoms with E-state index in [1.807, 2.05) is 38.1 Å². The molecule has 0 bridgehead atoms. The SMILES string of the molecule is CCCCCNC(=O)/C=C(\C)c1cc2c(-c3ccc(OC)c(OC)c3)coc2c(C)c1OC. The van der Waals surface area contributed by atoms with Crippen LogP contribution < -0.4 is 19.5 Å². The van der Waals surface area contributed by atoms with Crippen LogP contribution in [0.15, 0.2) is 41.0 Å². The molecule has 0 aliphatic carbocycles. The second-order valence-corrected chi connectivity index (χ2v) is 8.00. The van der Waals surface area contributed by atoms with Gasteiger partial charge in [-0.25, -0.2) is 0 Å². The first-order valence-electron chi connectivity index (χ1n) is 11.2. The number of allylic oxidation sites excluding steroid dienone is 1. The van der Waals surface area contributed by atoms with Crippen LogP contribution in [0.4, 0.5) is 0 Å². The normalized spacial score (nSPS) is 11.5. The van der Waals surface area contributed by atoms with E-state index in [0.717, 1.165) is 58.1 Å². The molecule has 0 atom stereocenters. The number of hydrogen-bond acceptors (Lipinski definition) is 5. The minimum atomic E-state index is -0.101. The summed E-state index contributed by atoms with van der Waals surface area (Å²) in [6.07, 6.45) is 6.57. The highest BCUT2D eigenvalue weighted by molar-refractivity contribution is 6.01. The molecule has 1 amide bonds. The Morgan fingerprint density at radius 2 is 1.82 bits per heavy atom. The van der Waals surface area contributed by atoms with Gasteiger partial charge in [0.05, 0.1) is 27.6 Å². The van der Waals surface area contributed by atoms with Crippen LogP contribution in [0.1, 0.15) is 44.2 Å². The third kappa shape index (κ3) is 5.16. The molecule has 3 rings (SSSR count). The Hall–Kier alpha value is -3.41. The van der Waals surface area contributed by atoms with Gasteiger partial charge < -0.3 is 23.9 Å². The minimum absolute atomic E-state index is 0.101. The first-order valence-corrected chi connectivity index (χ1v) is 11.2. The van der Waals surface area contributed by atoms with Gasteiger partial charge in [0.2, 0.25) is 5.91 Å². The zero-order valence-electron chi connectivity index (χ0n) is 20.3. The van der Waals surface area contributed by atoms with E-state index in [2.05, 4.69) is 12.2 Å². The highest BCUT2D eigenvalue weighted by Crippen LogP contribution is 2.42. The van der Waals surface area contributed by atoms with Gasteiger partial charge >= 0.3 is 0 Å². The highest BCUT2D eigenvalue weighted by Gasteiger charge is 2.19. The summed E-state index contributed by atoms with van der Waals surface area (Å²) >= 11 is 0. The Balaban J connectivity index is 2.05. The molecule has 0 saturated heterocycles. The van der Waals surface area contributed by atoms with Gasteiger partial charge in [-0.2, -0.15) is 0 Å². The van der Waals surface area contributed by atoms with E-state index in [9.17, 15) is 4.79 Å². The van der Waals surface area contributed by atoms with Crippen molar-refractivity contribution in [3.63, 3.8) is 0 Å². The van der Waals surface area contributed by atoms with Crippen LogP contribution in [-0.2, 0) is 4.79 Å². The molecule has 0 aliphatic rings. The van der Waals surface area contributed by atoms with Crippen molar-refractivity contribution >= 4 is 22.4 Å². The molecule has 176 valence electrons. The molecule has 1 aromatic heterocycles. The lowest BCUT2D eigenvalue weighted by molar-refractivity contribution is -0.116. The van der Waals surface area contributed by atoms with Gasteiger partial charge in [-0.05, 0) is 49.6 Å². The molecule has 0 saturated carbocycles. The predicted octanol–water partition coefficient (Wildman–Crippen LogP) is 6.14. The van der Waals surface area contributed by atoms with Gasteiger partial charge in [0.25, 0.3) is 0 Å². The minimum Gasteiger partial charge on any atom is -0.496 e. The number of unbranched alkanes of at least 4 members (excludes halogenated alkanes) is 2. The van der Waals surface area contributed by atoms with Gasteiger partial charge in [0, 0.05) is 34.7 Å². The molecule has 0 unspecified atom stereocenters. The molecule has 0 aliphatic heterocycles. The molecule has 2 aromatic carbocycles. The maximum atomic E-state index is 12.4. The lowest BCUT2D eigenvalue weighted by Crippen LogP contribution is -2.22. The van der Waals surface area contributed by atoms with Crippen LogP contribution in [-0.4, -0.2) is 33.8 Å². The van der Waals surface area contributed by atoms with Crippen LogP contribution >= 0.6 is 0 Å². The maximum absolute atomic E-state index is 12.4. The summed E-state index contributed by atoms with van der Waals surface area (Å²) in [4.78, 5) is 12.4. The number of rotatable bonds is 10. The van der Waals surface area contributed by atoms with E-state index in [1.165, 1.54) is 0 Å². The fourth-order valence-corrected chi connectivity index (χ4v) is 4.01. The second kappa shape index (κ2) is 10.9. The fraction of sp³-hybridized carbons (Fsp3) is 0.370. The molecule has 6 nitrogen and oxygen atoms in total. The van der Waals surface area contributed by atoms with E-state index < -0.39 is 0 Å². The maximum Gasteiger partial charge on any atom is 0.244 e. The van der Waals surface area contributed by atoms with Crippen molar-refractivity contribution in [3.05, 3.63) is 47.7 Å². The molecular formula is C27H33NO5. The predicted molar refractivity (Wildman–Crippen MR) is 132 cm³/mol. The lowest BCUT2D eigenvalue weighted by atomic mass is 9.96. The van der Waals surface area contributed by atoms with Crippen molar-refractivity contribution in [2.75, 3.05) is 27.9 Å². The van der Waals surface area contributed by atoms with E-state index in [-0.39, 0.29) is 5.91 Å². The highest BCUT2D eigenvalue weighted by atomic mass is 16.5. The summed E-state index contributed by atoms with van der Waals surface area (Å²) < 4.78 is 22.5. The Labute approximate surface area is 195 Å². The number of carbonyl (C=O) groups is 1. The first-order chi connectivity index (χ1) is 15.9. The molecule has 0 fully saturated rings. The average Bonchev–Trinajstić information content (AvgIpc) is 3.25. The first kappa shape index (κ1) is 24.2. The van der Waals surface area contributed by atoms with Gasteiger partial charge in [-0.3, -0.25) is 4.79 Å². The molecule has 6 heteroatoms. The number of amides is 1. The van der Waals surface area contributed by atoms with Crippen LogP contribution in [0, 0.1) is 6.92 Å². The van der Waals surface area contributed by atoms with E-state index in [0.29, 0.717) is 23.8 Å².